The molecule has 1 aliphatic heterocycles. The summed E-state index contributed by atoms with van der Waals surface area (Å²) in [7, 11) is 0. The Morgan fingerprint density at radius 3 is 2.93 bits per heavy atom. The van der Waals surface area contributed by atoms with Gasteiger partial charge in [0.1, 0.15) is 16.9 Å². The molecule has 1 fully saturated rings. The van der Waals surface area contributed by atoms with Crippen molar-refractivity contribution >= 4 is 34.1 Å². The number of nitrogens with zero attached hydrogens (tertiary/aromatic N) is 5. The van der Waals surface area contributed by atoms with Crippen LogP contribution < -0.4 is 10.6 Å². The van der Waals surface area contributed by atoms with E-state index in [2.05, 4.69) is 21.8 Å². The Bertz CT molecular complexity index is 1140. The second kappa shape index (κ2) is 6.17. The molecule has 27 heavy (non-hydrogen) atoms. The van der Waals surface area contributed by atoms with E-state index < -0.39 is 0 Å². The van der Waals surface area contributed by atoms with Crippen molar-refractivity contribution < 1.29 is 9.15 Å². The van der Waals surface area contributed by atoms with Gasteiger partial charge in [-0.2, -0.15) is 4.98 Å². The quantitative estimate of drug-likeness (QED) is 0.580. The maximum Gasteiger partial charge on any atom is 0.292 e. The zero-order valence-electron chi connectivity index (χ0n) is 14.8. The number of fused-ring (bicyclic) bond motifs is 2. The van der Waals surface area contributed by atoms with Crippen molar-refractivity contribution in [2.45, 2.75) is 13.0 Å². The van der Waals surface area contributed by atoms with Crippen LogP contribution in [-0.2, 0) is 4.74 Å². The van der Waals surface area contributed by atoms with E-state index in [0.29, 0.717) is 30.0 Å². The number of oxazole rings is 1. The minimum Gasteiger partial charge on any atom is -0.424 e. The van der Waals surface area contributed by atoms with E-state index in [1.54, 1.807) is 6.20 Å². The third kappa shape index (κ3) is 2.83. The maximum absolute atomic E-state index is 5.63. The zero-order valence-corrected chi connectivity index (χ0v) is 14.8. The van der Waals surface area contributed by atoms with Gasteiger partial charge < -0.3 is 19.8 Å². The van der Waals surface area contributed by atoms with Gasteiger partial charge in [0, 0.05) is 12.1 Å². The van der Waals surface area contributed by atoms with Gasteiger partial charge in [-0.05, 0) is 37.3 Å². The topological polar surface area (TPSA) is 103 Å². The first-order valence-electron chi connectivity index (χ1n) is 8.82. The standard InChI is InChI=1S/C19H18N6O2/c1-11-10-26-7-6-25(11)17-9-21-14-4-3-13(22-18(14)24-17)12-2-5-16-15(8-12)23-19(20)27-16/h2-5,8-9,11H,6-7,10H2,1H3,(H2,20,23)/t11-/m0/s1. The lowest BCUT2D eigenvalue weighted by atomic mass is 10.1. The molecule has 0 bridgehead atoms. The summed E-state index contributed by atoms with van der Waals surface area (Å²) in [5.41, 5.74) is 10.1. The van der Waals surface area contributed by atoms with E-state index in [1.165, 1.54) is 0 Å². The lowest BCUT2D eigenvalue weighted by Gasteiger charge is -2.33. The molecule has 0 aliphatic carbocycles. The monoisotopic (exact) mass is 362 g/mol. The molecule has 0 spiro atoms. The lowest BCUT2D eigenvalue weighted by Crippen LogP contribution is -2.44. The number of aromatic nitrogens is 4. The summed E-state index contributed by atoms with van der Waals surface area (Å²) < 4.78 is 10.8. The van der Waals surface area contributed by atoms with Crippen LogP contribution in [0.5, 0.6) is 0 Å². The van der Waals surface area contributed by atoms with Gasteiger partial charge in [0.2, 0.25) is 0 Å². The number of hydrogen-bond donors (Lipinski definition) is 1. The molecule has 2 N–H and O–H groups in total. The van der Waals surface area contributed by atoms with Crippen LogP contribution in [0.15, 0.2) is 40.9 Å². The van der Waals surface area contributed by atoms with E-state index in [-0.39, 0.29) is 12.1 Å². The van der Waals surface area contributed by atoms with Gasteiger partial charge >= 0.3 is 0 Å². The van der Waals surface area contributed by atoms with Crippen LogP contribution in [0.4, 0.5) is 11.8 Å². The van der Waals surface area contributed by atoms with Crippen LogP contribution in [0.1, 0.15) is 6.92 Å². The summed E-state index contributed by atoms with van der Waals surface area (Å²) >= 11 is 0. The van der Waals surface area contributed by atoms with Gasteiger partial charge in [0.15, 0.2) is 11.2 Å². The second-order valence-electron chi connectivity index (χ2n) is 6.62. The van der Waals surface area contributed by atoms with Crippen LogP contribution in [0, 0.1) is 0 Å². The smallest absolute Gasteiger partial charge is 0.292 e. The van der Waals surface area contributed by atoms with Crippen molar-refractivity contribution in [2.24, 2.45) is 0 Å². The Hall–Kier alpha value is -3.26. The van der Waals surface area contributed by atoms with Gasteiger partial charge in [0.25, 0.3) is 6.01 Å². The molecule has 1 atom stereocenters. The Kier molecular flexibility index (Phi) is 3.64. The van der Waals surface area contributed by atoms with Gasteiger partial charge in [-0.15, -0.1) is 0 Å². The molecule has 3 aromatic heterocycles. The summed E-state index contributed by atoms with van der Waals surface area (Å²) in [6.07, 6.45) is 1.80. The van der Waals surface area contributed by atoms with E-state index in [1.807, 2.05) is 30.3 Å². The Morgan fingerprint density at radius 1 is 1.11 bits per heavy atom. The molecule has 0 radical (unpaired) electrons. The second-order valence-corrected chi connectivity index (χ2v) is 6.62. The Morgan fingerprint density at radius 2 is 2.04 bits per heavy atom. The number of morpholine rings is 1. The molecule has 1 aliphatic rings. The predicted molar refractivity (Wildman–Crippen MR) is 102 cm³/mol. The molecule has 1 aromatic carbocycles. The van der Waals surface area contributed by atoms with Gasteiger partial charge in [-0.3, -0.25) is 0 Å². The van der Waals surface area contributed by atoms with Crippen molar-refractivity contribution in [1.29, 1.82) is 0 Å². The van der Waals surface area contributed by atoms with Gasteiger partial charge in [-0.1, -0.05) is 0 Å². The van der Waals surface area contributed by atoms with E-state index in [4.69, 9.17) is 24.9 Å². The van der Waals surface area contributed by atoms with Crippen molar-refractivity contribution in [2.75, 3.05) is 30.4 Å². The highest BCUT2D eigenvalue weighted by atomic mass is 16.5. The number of pyridine rings is 1. The van der Waals surface area contributed by atoms with Crippen molar-refractivity contribution in [1.82, 2.24) is 19.9 Å². The summed E-state index contributed by atoms with van der Waals surface area (Å²) in [5, 5.41) is 0. The average molecular weight is 362 g/mol. The third-order valence-electron chi connectivity index (χ3n) is 4.76. The molecular formula is C19H18N6O2. The number of rotatable bonds is 2. The Labute approximate surface area is 155 Å². The van der Waals surface area contributed by atoms with Gasteiger partial charge in [-0.25, -0.2) is 15.0 Å². The highest BCUT2D eigenvalue weighted by Crippen LogP contribution is 2.26. The van der Waals surface area contributed by atoms with Gasteiger partial charge in [0.05, 0.1) is 31.1 Å². The molecule has 0 unspecified atom stereocenters. The minimum atomic E-state index is 0.156. The van der Waals surface area contributed by atoms with E-state index in [9.17, 15) is 0 Å². The number of benzene rings is 1. The van der Waals surface area contributed by atoms with E-state index >= 15 is 0 Å². The molecular weight excluding hydrogens is 344 g/mol. The fourth-order valence-electron chi connectivity index (χ4n) is 3.36. The first kappa shape index (κ1) is 16.0. The SMILES string of the molecule is C[C@H]1COCCN1c1cnc2ccc(-c3ccc4oc(N)nc4c3)nc2n1. The zero-order chi connectivity index (χ0) is 18.4. The summed E-state index contributed by atoms with van der Waals surface area (Å²) in [6.45, 7) is 4.30. The van der Waals surface area contributed by atoms with E-state index in [0.717, 1.165) is 29.1 Å². The molecule has 136 valence electrons. The lowest BCUT2D eigenvalue weighted by molar-refractivity contribution is 0.0985. The maximum atomic E-state index is 5.63. The van der Waals surface area contributed by atoms with Crippen LogP contribution >= 0.6 is 0 Å². The predicted octanol–water partition coefficient (Wildman–Crippen LogP) is 2.64. The number of nitrogen functional groups attached to an aromatic ring is 1. The fraction of sp³-hybridized carbons (Fsp3) is 0.263. The first-order valence-corrected chi connectivity index (χ1v) is 8.82. The number of hydrogen-bond acceptors (Lipinski definition) is 8. The first-order chi connectivity index (χ1) is 13.2. The van der Waals surface area contributed by atoms with Crippen molar-refractivity contribution in [3.05, 3.63) is 36.5 Å². The number of ether oxygens (including phenoxy) is 1. The van der Waals surface area contributed by atoms with Crippen LogP contribution in [0.25, 0.3) is 33.5 Å². The molecule has 4 heterocycles. The largest absolute Gasteiger partial charge is 0.424 e. The third-order valence-corrected chi connectivity index (χ3v) is 4.76. The molecule has 8 nitrogen and oxygen atoms in total. The average Bonchev–Trinajstić information content (AvgIpc) is 3.06. The molecule has 0 saturated carbocycles. The molecule has 8 heteroatoms. The Balaban J connectivity index is 1.56. The normalized spacial score (nSPS) is 17.7. The molecule has 5 rings (SSSR count). The highest BCUT2D eigenvalue weighted by Gasteiger charge is 2.21. The van der Waals surface area contributed by atoms with Crippen LogP contribution in [0.2, 0.25) is 0 Å². The molecule has 4 aromatic rings. The number of anilines is 2. The summed E-state index contributed by atoms with van der Waals surface area (Å²) in [4.78, 5) is 20.4. The van der Waals surface area contributed by atoms with Crippen molar-refractivity contribution in [3.63, 3.8) is 0 Å². The van der Waals surface area contributed by atoms with Crippen molar-refractivity contribution in [3.8, 4) is 11.3 Å². The molecule has 0 amide bonds. The van der Waals surface area contributed by atoms with Crippen LogP contribution in [0.3, 0.4) is 0 Å². The fourth-order valence-corrected chi connectivity index (χ4v) is 3.36. The highest BCUT2D eigenvalue weighted by molar-refractivity contribution is 5.82. The van der Waals surface area contributed by atoms with Crippen LogP contribution in [-0.4, -0.2) is 45.7 Å². The molecule has 1 saturated heterocycles. The number of nitrogens with two attached hydrogens (primary N) is 1. The summed E-state index contributed by atoms with van der Waals surface area (Å²) in [6, 6.07) is 9.96. The minimum absolute atomic E-state index is 0.156. The summed E-state index contributed by atoms with van der Waals surface area (Å²) in [5.74, 6) is 0.822.